The van der Waals surface area contributed by atoms with Crippen LogP contribution >= 0.6 is 27.5 Å². The van der Waals surface area contributed by atoms with Crippen molar-refractivity contribution < 1.29 is 0 Å². The topological polar surface area (TPSA) is 48.7 Å². The second-order valence-electron chi connectivity index (χ2n) is 3.26. The Balaban J connectivity index is 2.38. The minimum atomic E-state index is 0.337. The van der Waals surface area contributed by atoms with E-state index in [9.17, 15) is 0 Å². The zero-order valence-electron chi connectivity index (χ0n) is 8.61. The first kappa shape index (κ1) is 11.9. The lowest BCUT2D eigenvalue weighted by molar-refractivity contribution is 1.26. The van der Waals surface area contributed by atoms with Gasteiger partial charge in [-0.25, -0.2) is 4.98 Å². The maximum atomic E-state index is 8.93. The van der Waals surface area contributed by atoms with Crippen molar-refractivity contribution in [3.63, 3.8) is 0 Å². The molecule has 2 rings (SSSR count). The third-order valence-electron chi connectivity index (χ3n) is 2.11. The first-order valence-electron chi connectivity index (χ1n) is 4.78. The Morgan fingerprint density at radius 1 is 1.29 bits per heavy atom. The van der Waals surface area contributed by atoms with Crippen LogP contribution < -0.4 is 5.32 Å². The zero-order valence-corrected chi connectivity index (χ0v) is 11.0. The van der Waals surface area contributed by atoms with E-state index in [2.05, 4.69) is 26.2 Å². The molecule has 3 nitrogen and oxygen atoms in total. The summed E-state index contributed by atoms with van der Waals surface area (Å²) in [5.41, 5.74) is 1.70. The fourth-order valence-electron chi connectivity index (χ4n) is 1.33. The predicted octanol–water partition coefficient (Wildman–Crippen LogP) is 4.11. The lowest BCUT2D eigenvalue weighted by Gasteiger charge is -2.09. The van der Waals surface area contributed by atoms with E-state index in [-0.39, 0.29) is 0 Å². The second-order valence-corrected chi connectivity index (χ2v) is 4.58. The van der Waals surface area contributed by atoms with Crippen molar-refractivity contribution in [3.05, 3.63) is 51.7 Å². The van der Waals surface area contributed by atoms with Crippen LogP contribution in [0.15, 0.2) is 41.0 Å². The predicted molar refractivity (Wildman–Crippen MR) is 71.4 cm³/mol. The number of nitrogens with one attached hydrogen (secondary N) is 1. The quantitative estimate of drug-likeness (QED) is 0.908. The van der Waals surface area contributed by atoms with Gasteiger partial charge < -0.3 is 5.32 Å². The number of pyridine rings is 1. The number of hydrogen-bond acceptors (Lipinski definition) is 3. The number of nitrogens with zero attached hydrogens (tertiary/aromatic N) is 2. The Labute approximate surface area is 112 Å². The molecule has 5 heteroatoms. The first-order chi connectivity index (χ1) is 8.20. The molecule has 0 amide bonds. The SMILES string of the molecule is N#Cc1ncccc1Nc1cc(Br)ccc1Cl. The number of rotatable bonds is 2. The van der Waals surface area contributed by atoms with E-state index < -0.39 is 0 Å². The molecule has 0 radical (unpaired) electrons. The Bertz CT molecular complexity index is 593. The number of benzene rings is 1. The number of hydrogen-bond donors (Lipinski definition) is 1. The van der Waals surface area contributed by atoms with E-state index in [0.717, 1.165) is 10.2 Å². The van der Waals surface area contributed by atoms with Crippen LogP contribution in [-0.4, -0.2) is 4.98 Å². The van der Waals surface area contributed by atoms with Gasteiger partial charge in [-0.15, -0.1) is 0 Å². The number of aromatic nitrogens is 1. The summed E-state index contributed by atoms with van der Waals surface area (Å²) < 4.78 is 0.909. The molecule has 0 aliphatic heterocycles. The summed E-state index contributed by atoms with van der Waals surface area (Å²) in [6.07, 6.45) is 1.58. The van der Waals surface area contributed by atoms with Gasteiger partial charge in [0, 0.05) is 10.7 Å². The van der Waals surface area contributed by atoms with Crippen LogP contribution in [0.4, 0.5) is 11.4 Å². The average molecular weight is 309 g/mol. The van der Waals surface area contributed by atoms with Gasteiger partial charge in [-0.3, -0.25) is 0 Å². The van der Waals surface area contributed by atoms with Crippen LogP contribution in [0.1, 0.15) is 5.69 Å². The molecule has 0 saturated carbocycles. The van der Waals surface area contributed by atoms with E-state index in [1.54, 1.807) is 24.4 Å². The van der Waals surface area contributed by atoms with Crippen molar-refractivity contribution >= 4 is 38.9 Å². The standard InChI is InChI=1S/C12H7BrClN3/c13-8-3-4-9(14)11(6-8)17-10-2-1-5-16-12(10)7-15/h1-6,17H. The van der Waals surface area contributed by atoms with Crippen molar-refractivity contribution in [1.82, 2.24) is 4.98 Å². The van der Waals surface area contributed by atoms with Gasteiger partial charge in [0.05, 0.1) is 16.4 Å². The molecule has 0 spiro atoms. The smallest absolute Gasteiger partial charge is 0.163 e. The van der Waals surface area contributed by atoms with Crippen LogP contribution in [-0.2, 0) is 0 Å². The fourth-order valence-corrected chi connectivity index (χ4v) is 1.86. The molecule has 1 heterocycles. The van der Waals surface area contributed by atoms with Crippen molar-refractivity contribution in [2.75, 3.05) is 5.32 Å². The molecule has 17 heavy (non-hydrogen) atoms. The average Bonchev–Trinajstić information content (AvgIpc) is 2.34. The first-order valence-corrected chi connectivity index (χ1v) is 5.95. The largest absolute Gasteiger partial charge is 0.352 e. The molecule has 0 unspecified atom stereocenters. The summed E-state index contributed by atoms with van der Waals surface area (Å²) in [7, 11) is 0. The number of nitriles is 1. The van der Waals surface area contributed by atoms with Gasteiger partial charge in [0.15, 0.2) is 5.69 Å². The molecule has 84 valence electrons. The number of anilines is 2. The third kappa shape index (κ3) is 2.76. The molecule has 0 aliphatic rings. The molecule has 2 aromatic rings. The highest BCUT2D eigenvalue weighted by Gasteiger charge is 2.05. The van der Waals surface area contributed by atoms with Gasteiger partial charge in [0.2, 0.25) is 0 Å². The maximum absolute atomic E-state index is 8.93. The summed E-state index contributed by atoms with van der Waals surface area (Å²) in [4.78, 5) is 3.97. The van der Waals surface area contributed by atoms with Crippen LogP contribution in [0.5, 0.6) is 0 Å². The Morgan fingerprint density at radius 3 is 2.88 bits per heavy atom. The van der Waals surface area contributed by atoms with E-state index >= 15 is 0 Å². The lowest BCUT2D eigenvalue weighted by atomic mass is 10.2. The summed E-state index contributed by atoms with van der Waals surface area (Å²) >= 11 is 9.42. The number of halogens is 2. The highest BCUT2D eigenvalue weighted by Crippen LogP contribution is 2.29. The minimum absolute atomic E-state index is 0.337. The van der Waals surface area contributed by atoms with Crippen molar-refractivity contribution in [1.29, 1.82) is 5.26 Å². The van der Waals surface area contributed by atoms with Crippen LogP contribution in [0.3, 0.4) is 0 Å². The molecular weight excluding hydrogens is 302 g/mol. The molecule has 0 bridgehead atoms. The van der Waals surface area contributed by atoms with Gasteiger partial charge in [0.1, 0.15) is 6.07 Å². The van der Waals surface area contributed by atoms with Gasteiger partial charge in [-0.05, 0) is 30.3 Å². The van der Waals surface area contributed by atoms with E-state index in [1.807, 2.05) is 18.2 Å². The maximum Gasteiger partial charge on any atom is 0.163 e. The van der Waals surface area contributed by atoms with Gasteiger partial charge >= 0.3 is 0 Å². The molecule has 1 aromatic carbocycles. The van der Waals surface area contributed by atoms with Crippen LogP contribution in [0.25, 0.3) is 0 Å². The zero-order chi connectivity index (χ0) is 12.3. The van der Waals surface area contributed by atoms with Gasteiger partial charge in [-0.1, -0.05) is 27.5 Å². The van der Waals surface area contributed by atoms with E-state index in [4.69, 9.17) is 16.9 Å². The van der Waals surface area contributed by atoms with Crippen LogP contribution in [0, 0.1) is 11.3 Å². The third-order valence-corrected chi connectivity index (χ3v) is 2.93. The molecule has 0 saturated heterocycles. The Morgan fingerprint density at radius 2 is 2.12 bits per heavy atom. The van der Waals surface area contributed by atoms with Crippen molar-refractivity contribution in [2.45, 2.75) is 0 Å². The Kier molecular flexibility index (Phi) is 3.62. The molecule has 0 atom stereocenters. The van der Waals surface area contributed by atoms with Crippen LogP contribution in [0.2, 0.25) is 5.02 Å². The highest BCUT2D eigenvalue weighted by atomic mass is 79.9. The molecule has 0 aliphatic carbocycles. The molecule has 0 fully saturated rings. The molecular formula is C12H7BrClN3. The fraction of sp³-hybridized carbons (Fsp3) is 0. The van der Waals surface area contributed by atoms with E-state index in [0.29, 0.717) is 16.4 Å². The van der Waals surface area contributed by atoms with Crippen molar-refractivity contribution in [3.8, 4) is 6.07 Å². The van der Waals surface area contributed by atoms with Gasteiger partial charge in [0.25, 0.3) is 0 Å². The molecule has 1 aromatic heterocycles. The second kappa shape index (κ2) is 5.17. The summed E-state index contributed by atoms with van der Waals surface area (Å²) in [5.74, 6) is 0. The van der Waals surface area contributed by atoms with Gasteiger partial charge in [-0.2, -0.15) is 5.26 Å². The minimum Gasteiger partial charge on any atom is -0.352 e. The van der Waals surface area contributed by atoms with Crippen molar-refractivity contribution in [2.24, 2.45) is 0 Å². The lowest BCUT2D eigenvalue weighted by Crippen LogP contribution is -1.96. The summed E-state index contributed by atoms with van der Waals surface area (Å²) in [6.45, 7) is 0. The summed E-state index contributed by atoms with van der Waals surface area (Å²) in [6, 6.07) is 11.0. The monoisotopic (exact) mass is 307 g/mol. The Hall–Kier alpha value is -1.57. The summed E-state index contributed by atoms with van der Waals surface area (Å²) in [5, 5.41) is 12.6. The molecule has 1 N–H and O–H groups in total. The highest BCUT2D eigenvalue weighted by molar-refractivity contribution is 9.10. The van der Waals surface area contributed by atoms with E-state index in [1.165, 1.54) is 0 Å². The normalized spacial score (nSPS) is 9.71.